The van der Waals surface area contributed by atoms with Gasteiger partial charge in [0.1, 0.15) is 11.7 Å². The lowest BCUT2D eigenvalue weighted by Crippen LogP contribution is -2.34. The number of nitrogen functional groups attached to an aromatic ring is 1. The van der Waals surface area contributed by atoms with Crippen molar-refractivity contribution in [3.63, 3.8) is 0 Å². The van der Waals surface area contributed by atoms with E-state index in [4.69, 9.17) is 11.1 Å². The molecule has 1 aromatic carbocycles. The molecule has 1 atom stereocenters. The monoisotopic (exact) mass is 237 g/mol. The number of rotatable bonds is 3. The summed E-state index contributed by atoms with van der Waals surface area (Å²) in [5.41, 5.74) is 6.16. The second-order valence-electron chi connectivity index (χ2n) is 4.22. The highest BCUT2D eigenvalue weighted by molar-refractivity contribution is 6.00. The summed E-state index contributed by atoms with van der Waals surface area (Å²) in [5.74, 6) is -0.764. The molecule has 2 rings (SSSR count). The summed E-state index contributed by atoms with van der Waals surface area (Å²) in [6.07, 6.45) is 1.84. The third kappa shape index (κ3) is 2.10. The lowest BCUT2D eigenvalue weighted by molar-refractivity contribution is 0.266. The molecule has 0 bridgehead atoms. The van der Waals surface area contributed by atoms with Gasteiger partial charge in [0.15, 0.2) is 0 Å². The largest absolute Gasteiger partial charge is 0.394 e. The summed E-state index contributed by atoms with van der Waals surface area (Å²) in [6, 6.07) is 4.64. The van der Waals surface area contributed by atoms with E-state index in [0.717, 1.165) is 19.4 Å². The van der Waals surface area contributed by atoms with E-state index < -0.39 is 5.82 Å². The van der Waals surface area contributed by atoms with Gasteiger partial charge in [0.25, 0.3) is 0 Å². The number of nitrogens with two attached hydrogens (primary N) is 1. The SMILES string of the molecule is N=C(N)c1c(F)cccc1N1CCCC1CO. The zero-order valence-electron chi connectivity index (χ0n) is 9.49. The number of nitrogens with zero attached hydrogens (tertiary/aromatic N) is 1. The zero-order valence-corrected chi connectivity index (χ0v) is 9.49. The lowest BCUT2D eigenvalue weighted by atomic mass is 10.1. The van der Waals surface area contributed by atoms with Gasteiger partial charge >= 0.3 is 0 Å². The number of aliphatic hydroxyl groups excluding tert-OH is 1. The van der Waals surface area contributed by atoms with Crippen LogP contribution in [-0.4, -0.2) is 30.1 Å². The predicted molar refractivity (Wildman–Crippen MR) is 64.9 cm³/mol. The maximum atomic E-state index is 13.7. The zero-order chi connectivity index (χ0) is 12.4. The molecule has 0 aromatic heterocycles. The summed E-state index contributed by atoms with van der Waals surface area (Å²) in [7, 11) is 0. The van der Waals surface area contributed by atoms with Crippen molar-refractivity contribution in [2.24, 2.45) is 5.73 Å². The first-order valence-corrected chi connectivity index (χ1v) is 5.65. The van der Waals surface area contributed by atoms with Crippen LogP contribution in [0.1, 0.15) is 18.4 Å². The summed E-state index contributed by atoms with van der Waals surface area (Å²) >= 11 is 0. The minimum Gasteiger partial charge on any atom is -0.394 e. The van der Waals surface area contributed by atoms with E-state index in [2.05, 4.69) is 0 Å². The molecule has 5 heteroatoms. The van der Waals surface area contributed by atoms with Crippen LogP contribution < -0.4 is 10.6 Å². The quantitative estimate of drug-likeness (QED) is 0.544. The normalized spacial score (nSPS) is 19.6. The van der Waals surface area contributed by atoms with Crippen LogP contribution in [0.25, 0.3) is 0 Å². The van der Waals surface area contributed by atoms with Crippen LogP contribution in [0.5, 0.6) is 0 Å². The summed E-state index contributed by atoms with van der Waals surface area (Å²) in [6.45, 7) is 0.794. The number of hydrogen-bond acceptors (Lipinski definition) is 3. The third-order valence-corrected chi connectivity index (χ3v) is 3.16. The molecule has 1 aliphatic heterocycles. The van der Waals surface area contributed by atoms with E-state index in [1.807, 2.05) is 4.90 Å². The summed E-state index contributed by atoms with van der Waals surface area (Å²) < 4.78 is 13.7. The van der Waals surface area contributed by atoms with E-state index in [9.17, 15) is 9.50 Å². The average molecular weight is 237 g/mol. The number of anilines is 1. The van der Waals surface area contributed by atoms with Gasteiger partial charge in [-0.25, -0.2) is 4.39 Å². The Hall–Kier alpha value is -1.62. The Kier molecular flexibility index (Phi) is 3.28. The van der Waals surface area contributed by atoms with Gasteiger partial charge in [-0.2, -0.15) is 0 Å². The van der Waals surface area contributed by atoms with Crippen molar-refractivity contribution in [1.29, 1.82) is 5.41 Å². The first-order valence-electron chi connectivity index (χ1n) is 5.65. The van der Waals surface area contributed by atoms with Gasteiger partial charge in [0.05, 0.1) is 23.9 Å². The minimum absolute atomic E-state index is 0.00472. The summed E-state index contributed by atoms with van der Waals surface area (Å²) in [4.78, 5) is 1.93. The molecule has 1 aliphatic rings. The van der Waals surface area contributed by atoms with Crippen LogP contribution in [0.2, 0.25) is 0 Å². The van der Waals surface area contributed by atoms with E-state index in [1.54, 1.807) is 12.1 Å². The Morgan fingerprint density at radius 2 is 2.35 bits per heavy atom. The maximum absolute atomic E-state index is 13.7. The number of nitrogens with one attached hydrogen (secondary N) is 1. The van der Waals surface area contributed by atoms with Crippen molar-refractivity contribution in [1.82, 2.24) is 0 Å². The maximum Gasteiger partial charge on any atom is 0.136 e. The molecule has 1 fully saturated rings. The van der Waals surface area contributed by atoms with Crippen molar-refractivity contribution in [2.45, 2.75) is 18.9 Å². The topological polar surface area (TPSA) is 73.3 Å². The molecule has 0 spiro atoms. The minimum atomic E-state index is -0.487. The van der Waals surface area contributed by atoms with Gasteiger partial charge in [-0.05, 0) is 25.0 Å². The second-order valence-corrected chi connectivity index (χ2v) is 4.22. The molecule has 0 radical (unpaired) electrons. The van der Waals surface area contributed by atoms with E-state index in [-0.39, 0.29) is 24.0 Å². The Labute approximate surface area is 99.4 Å². The lowest BCUT2D eigenvalue weighted by Gasteiger charge is -2.27. The molecule has 4 N–H and O–H groups in total. The van der Waals surface area contributed by atoms with Crippen molar-refractivity contribution >= 4 is 11.5 Å². The van der Waals surface area contributed by atoms with Crippen molar-refractivity contribution in [3.8, 4) is 0 Å². The molecule has 0 aliphatic carbocycles. The van der Waals surface area contributed by atoms with Crippen molar-refractivity contribution in [2.75, 3.05) is 18.1 Å². The van der Waals surface area contributed by atoms with E-state index >= 15 is 0 Å². The molecular weight excluding hydrogens is 221 g/mol. The fraction of sp³-hybridized carbons (Fsp3) is 0.417. The Bertz CT molecular complexity index is 436. The fourth-order valence-electron chi connectivity index (χ4n) is 2.36. The highest BCUT2D eigenvalue weighted by atomic mass is 19.1. The molecule has 17 heavy (non-hydrogen) atoms. The average Bonchev–Trinajstić information content (AvgIpc) is 2.75. The van der Waals surface area contributed by atoms with Gasteiger partial charge in [0, 0.05) is 6.54 Å². The van der Waals surface area contributed by atoms with Crippen LogP contribution in [0.3, 0.4) is 0 Å². The van der Waals surface area contributed by atoms with Crippen LogP contribution in [-0.2, 0) is 0 Å². The molecule has 1 aromatic rings. The third-order valence-electron chi connectivity index (χ3n) is 3.16. The standard InChI is InChI=1S/C12H16FN3O/c13-9-4-1-5-10(11(9)12(14)15)16-6-2-3-8(16)7-17/h1,4-5,8,17H,2-3,6-7H2,(H3,14,15). The van der Waals surface area contributed by atoms with Crippen molar-refractivity contribution in [3.05, 3.63) is 29.6 Å². The Morgan fingerprint density at radius 3 is 3.00 bits per heavy atom. The van der Waals surface area contributed by atoms with Crippen LogP contribution in [0.15, 0.2) is 18.2 Å². The summed E-state index contributed by atoms with van der Waals surface area (Å²) in [5, 5.41) is 16.7. The molecule has 92 valence electrons. The molecule has 1 unspecified atom stereocenters. The molecular formula is C12H16FN3O. The number of halogens is 1. The number of benzene rings is 1. The number of amidine groups is 1. The molecule has 1 heterocycles. The van der Waals surface area contributed by atoms with Crippen LogP contribution in [0.4, 0.5) is 10.1 Å². The fourth-order valence-corrected chi connectivity index (χ4v) is 2.36. The number of hydrogen-bond donors (Lipinski definition) is 3. The highest BCUT2D eigenvalue weighted by Crippen LogP contribution is 2.29. The van der Waals surface area contributed by atoms with E-state index in [0.29, 0.717) is 5.69 Å². The molecule has 1 saturated heterocycles. The molecule has 4 nitrogen and oxygen atoms in total. The van der Waals surface area contributed by atoms with Gasteiger partial charge in [0.2, 0.25) is 0 Å². The first kappa shape index (κ1) is 11.9. The van der Waals surface area contributed by atoms with Crippen molar-refractivity contribution < 1.29 is 9.50 Å². The van der Waals surface area contributed by atoms with Gasteiger partial charge in [-0.15, -0.1) is 0 Å². The Balaban J connectivity index is 2.44. The molecule has 0 saturated carbocycles. The first-order chi connectivity index (χ1) is 8.15. The van der Waals surface area contributed by atoms with E-state index in [1.165, 1.54) is 6.07 Å². The Morgan fingerprint density at radius 1 is 1.59 bits per heavy atom. The second kappa shape index (κ2) is 4.71. The van der Waals surface area contributed by atoms with Gasteiger partial charge in [-0.1, -0.05) is 6.07 Å². The van der Waals surface area contributed by atoms with Gasteiger partial charge in [-0.3, -0.25) is 5.41 Å². The van der Waals surface area contributed by atoms with Crippen LogP contribution in [0, 0.1) is 11.2 Å². The smallest absolute Gasteiger partial charge is 0.136 e. The van der Waals surface area contributed by atoms with Crippen LogP contribution >= 0.6 is 0 Å². The van der Waals surface area contributed by atoms with Gasteiger partial charge < -0.3 is 15.7 Å². The highest BCUT2D eigenvalue weighted by Gasteiger charge is 2.27. The number of aliphatic hydroxyl groups is 1. The molecule has 0 amide bonds. The predicted octanol–water partition coefficient (Wildman–Crippen LogP) is 1.07.